The normalized spacial score (nSPS) is 18.6. The van der Waals surface area contributed by atoms with E-state index in [9.17, 15) is 4.79 Å². The first kappa shape index (κ1) is 13.8. The Kier molecular flexibility index (Phi) is 3.97. The van der Waals surface area contributed by atoms with Gasteiger partial charge in [0.1, 0.15) is 0 Å². The Morgan fingerprint density at radius 1 is 1.29 bits per heavy atom. The van der Waals surface area contributed by atoms with E-state index in [0.717, 1.165) is 18.5 Å². The van der Waals surface area contributed by atoms with Gasteiger partial charge in [-0.05, 0) is 36.1 Å². The highest BCUT2D eigenvalue weighted by Crippen LogP contribution is 2.17. The van der Waals surface area contributed by atoms with Crippen molar-refractivity contribution in [1.82, 2.24) is 15.6 Å². The van der Waals surface area contributed by atoms with Crippen LogP contribution in [-0.4, -0.2) is 16.9 Å². The molecular weight excluding hydrogens is 262 g/mol. The molecule has 0 unspecified atom stereocenters. The highest BCUT2D eigenvalue weighted by Gasteiger charge is 2.24. The topological polar surface area (TPSA) is 54.0 Å². The van der Waals surface area contributed by atoms with Crippen molar-refractivity contribution in [2.24, 2.45) is 0 Å². The van der Waals surface area contributed by atoms with Crippen molar-refractivity contribution in [1.29, 1.82) is 0 Å². The second-order valence-corrected chi connectivity index (χ2v) is 5.42. The number of nitrogens with one attached hydrogen (secondary N) is 2. The summed E-state index contributed by atoms with van der Waals surface area (Å²) < 4.78 is 0. The van der Waals surface area contributed by atoms with Gasteiger partial charge in [0, 0.05) is 18.9 Å². The second kappa shape index (κ2) is 6.06. The first-order chi connectivity index (χ1) is 10.2. The molecule has 0 saturated heterocycles. The Bertz CT molecular complexity index is 627. The number of pyridine rings is 1. The van der Waals surface area contributed by atoms with Gasteiger partial charge >= 0.3 is 0 Å². The minimum absolute atomic E-state index is 0.0369. The lowest BCUT2D eigenvalue weighted by Crippen LogP contribution is -2.48. The summed E-state index contributed by atoms with van der Waals surface area (Å²) >= 11 is 0. The fourth-order valence-electron chi connectivity index (χ4n) is 2.67. The number of fused-ring (bicyclic) bond motifs is 1. The number of hydrogen-bond donors (Lipinski definition) is 2. The number of hydrogen-bond acceptors (Lipinski definition) is 3. The quantitative estimate of drug-likeness (QED) is 0.904. The molecule has 0 saturated carbocycles. The number of rotatable bonds is 3. The number of amides is 1. The predicted molar refractivity (Wildman–Crippen MR) is 81.6 cm³/mol. The third-order valence-electron chi connectivity index (χ3n) is 3.94. The monoisotopic (exact) mass is 281 g/mol. The van der Waals surface area contributed by atoms with E-state index in [-0.39, 0.29) is 18.0 Å². The summed E-state index contributed by atoms with van der Waals surface area (Å²) in [6.45, 7) is 2.72. The summed E-state index contributed by atoms with van der Waals surface area (Å²) in [5, 5.41) is 6.36. The van der Waals surface area contributed by atoms with Gasteiger partial charge in [0.2, 0.25) is 5.91 Å². The summed E-state index contributed by atoms with van der Waals surface area (Å²) in [5.74, 6) is 0.0425. The number of aromatic nitrogens is 1. The standard InChI is InChI=1S/C17H19N3O/c1-12(14-7-4-8-18-10-14)20-17(21)16-9-13-5-2-3-6-15(13)11-19-16/h2-8,10,12,16,19H,9,11H2,1H3,(H,20,21)/t12-,16-/m1/s1. The Balaban J connectivity index is 1.65. The molecule has 3 rings (SSSR count). The van der Waals surface area contributed by atoms with Crippen LogP contribution in [0.5, 0.6) is 0 Å². The Morgan fingerprint density at radius 3 is 2.86 bits per heavy atom. The molecule has 1 amide bonds. The smallest absolute Gasteiger partial charge is 0.237 e. The maximum atomic E-state index is 12.4. The summed E-state index contributed by atoms with van der Waals surface area (Å²) in [7, 11) is 0. The molecule has 0 fully saturated rings. The molecule has 1 aromatic heterocycles. The van der Waals surface area contributed by atoms with E-state index in [1.54, 1.807) is 12.4 Å². The van der Waals surface area contributed by atoms with E-state index in [1.165, 1.54) is 11.1 Å². The van der Waals surface area contributed by atoms with Crippen LogP contribution in [0.3, 0.4) is 0 Å². The van der Waals surface area contributed by atoms with Crippen molar-refractivity contribution in [3.63, 3.8) is 0 Å². The average Bonchev–Trinajstić information content (AvgIpc) is 2.55. The van der Waals surface area contributed by atoms with Crippen LogP contribution in [0.25, 0.3) is 0 Å². The minimum Gasteiger partial charge on any atom is -0.348 e. The summed E-state index contributed by atoms with van der Waals surface area (Å²) in [6, 6.07) is 11.9. The molecule has 1 aromatic carbocycles. The average molecular weight is 281 g/mol. The van der Waals surface area contributed by atoms with Gasteiger partial charge in [0.05, 0.1) is 12.1 Å². The van der Waals surface area contributed by atoms with E-state index >= 15 is 0 Å². The van der Waals surface area contributed by atoms with Gasteiger partial charge < -0.3 is 10.6 Å². The van der Waals surface area contributed by atoms with Crippen LogP contribution in [0.1, 0.15) is 29.7 Å². The molecule has 4 heteroatoms. The first-order valence-corrected chi connectivity index (χ1v) is 7.24. The Labute approximate surface area is 124 Å². The summed E-state index contributed by atoms with van der Waals surface area (Å²) in [5.41, 5.74) is 3.55. The first-order valence-electron chi connectivity index (χ1n) is 7.24. The Morgan fingerprint density at radius 2 is 2.10 bits per heavy atom. The van der Waals surface area contributed by atoms with Crippen molar-refractivity contribution in [2.75, 3.05) is 0 Å². The number of benzene rings is 1. The zero-order valence-corrected chi connectivity index (χ0v) is 12.0. The van der Waals surface area contributed by atoms with Crippen molar-refractivity contribution < 1.29 is 4.79 Å². The van der Waals surface area contributed by atoms with Crippen molar-refractivity contribution in [3.8, 4) is 0 Å². The third-order valence-corrected chi connectivity index (χ3v) is 3.94. The number of nitrogens with zero attached hydrogens (tertiary/aromatic N) is 1. The van der Waals surface area contributed by atoms with Crippen LogP contribution >= 0.6 is 0 Å². The summed E-state index contributed by atoms with van der Waals surface area (Å²) in [4.78, 5) is 16.5. The van der Waals surface area contributed by atoms with Crippen molar-refractivity contribution >= 4 is 5.91 Å². The van der Waals surface area contributed by atoms with Gasteiger partial charge in [0.15, 0.2) is 0 Å². The fourth-order valence-corrected chi connectivity index (χ4v) is 2.67. The van der Waals surface area contributed by atoms with Crippen LogP contribution in [0.15, 0.2) is 48.8 Å². The lowest BCUT2D eigenvalue weighted by molar-refractivity contribution is -0.124. The molecule has 0 bridgehead atoms. The van der Waals surface area contributed by atoms with E-state index in [4.69, 9.17) is 0 Å². The van der Waals surface area contributed by atoms with E-state index in [2.05, 4.69) is 27.8 Å². The van der Waals surface area contributed by atoms with E-state index in [1.807, 2.05) is 31.2 Å². The van der Waals surface area contributed by atoms with Crippen LogP contribution in [0.4, 0.5) is 0 Å². The van der Waals surface area contributed by atoms with E-state index < -0.39 is 0 Å². The van der Waals surface area contributed by atoms with Crippen molar-refractivity contribution in [3.05, 3.63) is 65.5 Å². The molecule has 0 spiro atoms. The number of carbonyl (C=O) groups excluding carboxylic acids is 1. The maximum Gasteiger partial charge on any atom is 0.237 e. The van der Waals surface area contributed by atoms with Crippen LogP contribution < -0.4 is 10.6 Å². The zero-order valence-electron chi connectivity index (χ0n) is 12.0. The molecule has 21 heavy (non-hydrogen) atoms. The highest BCUT2D eigenvalue weighted by atomic mass is 16.2. The molecule has 1 aliphatic heterocycles. The second-order valence-electron chi connectivity index (χ2n) is 5.42. The SMILES string of the molecule is C[C@@H](NC(=O)[C@H]1Cc2ccccc2CN1)c1cccnc1. The van der Waals surface area contributed by atoms with Gasteiger partial charge in [-0.2, -0.15) is 0 Å². The number of carbonyl (C=O) groups is 1. The lowest BCUT2D eigenvalue weighted by Gasteiger charge is -2.26. The van der Waals surface area contributed by atoms with Crippen LogP contribution in [0, 0.1) is 0 Å². The van der Waals surface area contributed by atoms with Crippen molar-refractivity contribution in [2.45, 2.75) is 32.0 Å². The van der Waals surface area contributed by atoms with Crippen LogP contribution in [0.2, 0.25) is 0 Å². The highest BCUT2D eigenvalue weighted by molar-refractivity contribution is 5.82. The van der Waals surface area contributed by atoms with E-state index in [0.29, 0.717) is 0 Å². The maximum absolute atomic E-state index is 12.4. The lowest BCUT2D eigenvalue weighted by atomic mass is 9.95. The van der Waals surface area contributed by atoms with Gasteiger partial charge in [-0.25, -0.2) is 0 Å². The van der Waals surface area contributed by atoms with Gasteiger partial charge in [-0.1, -0.05) is 30.3 Å². The molecule has 108 valence electrons. The molecule has 2 heterocycles. The fraction of sp³-hybridized carbons (Fsp3) is 0.294. The molecule has 2 aromatic rings. The van der Waals surface area contributed by atoms with Gasteiger partial charge in [-0.3, -0.25) is 9.78 Å². The molecule has 0 radical (unpaired) electrons. The predicted octanol–water partition coefficient (Wildman–Crippen LogP) is 1.97. The minimum atomic E-state index is -0.168. The Hall–Kier alpha value is -2.20. The van der Waals surface area contributed by atoms with Gasteiger partial charge in [-0.15, -0.1) is 0 Å². The van der Waals surface area contributed by atoms with Gasteiger partial charge in [0.25, 0.3) is 0 Å². The zero-order chi connectivity index (χ0) is 14.7. The third kappa shape index (κ3) is 3.11. The molecule has 4 nitrogen and oxygen atoms in total. The molecule has 0 aliphatic carbocycles. The van der Waals surface area contributed by atoms with Crippen LogP contribution in [-0.2, 0) is 17.8 Å². The molecule has 2 atom stereocenters. The summed E-state index contributed by atoms with van der Waals surface area (Å²) in [6.07, 6.45) is 4.26. The molecule has 1 aliphatic rings. The largest absolute Gasteiger partial charge is 0.348 e. The molecule has 2 N–H and O–H groups in total. The molecular formula is C17H19N3O.